The molecule has 0 unspecified atom stereocenters. The molecule has 8 rings (SSSR count). The van der Waals surface area contributed by atoms with Gasteiger partial charge in [-0.15, -0.1) is 11.3 Å². The van der Waals surface area contributed by atoms with E-state index in [-0.39, 0.29) is 105 Å². The number of halogens is 2. The number of amides is 6. The van der Waals surface area contributed by atoms with Crippen LogP contribution in [0.4, 0.5) is 21.0 Å². The number of nitrogens with zero attached hydrogens (tertiary/aromatic N) is 7. The molecular formula is C58H71ClFN11O10S. The van der Waals surface area contributed by atoms with Crippen molar-refractivity contribution in [3.63, 3.8) is 0 Å². The zero-order valence-corrected chi connectivity index (χ0v) is 48.3. The Balaban J connectivity index is 0.740. The number of ether oxygens (including phenoxy) is 3. The lowest BCUT2D eigenvalue weighted by atomic mass is 9.85. The van der Waals surface area contributed by atoms with Crippen molar-refractivity contribution in [2.75, 3.05) is 109 Å². The molecule has 82 heavy (non-hydrogen) atoms. The highest BCUT2D eigenvalue weighted by molar-refractivity contribution is 7.13. The molecule has 2 fully saturated rings. The van der Waals surface area contributed by atoms with Gasteiger partial charge in [-0.2, -0.15) is 4.98 Å². The average molecular weight is 1170 g/mol. The molecule has 2 aliphatic heterocycles. The molecule has 4 heterocycles. The molecule has 2 aromatic heterocycles. The van der Waals surface area contributed by atoms with Gasteiger partial charge in [-0.3, -0.25) is 19.2 Å². The number of phenolic OH excluding ortho intramolecular Hbond substituents is 1. The fourth-order valence-corrected chi connectivity index (χ4v) is 11.1. The minimum Gasteiger partial charge on any atom is -0.508 e. The highest BCUT2D eigenvalue weighted by Crippen LogP contribution is 2.42. The van der Waals surface area contributed by atoms with Crippen LogP contribution in [-0.2, 0) is 39.8 Å². The van der Waals surface area contributed by atoms with Crippen molar-refractivity contribution in [3.8, 4) is 27.3 Å². The molecule has 0 radical (unpaired) electrons. The molecule has 7 N–H and O–H groups in total. The van der Waals surface area contributed by atoms with Gasteiger partial charge in [0.2, 0.25) is 29.6 Å². The second-order valence-electron chi connectivity index (χ2n) is 21.4. The third-order valence-electron chi connectivity index (χ3n) is 14.4. The SMILES string of the molecule is Cc1ncsc1-c1ccc(CCNC(=O)[C@@H]2C[C@@H](O)CN2C(=O)[C@@H](NC(=O)COCCOCCOCCN(C)C(=O)CCNc2nc(N3CCN(C(N)=O)CC3)c3cc(Cl)c(-c4cc(O)cc5ccccc45)c(F)c3n2)C(C)(C)C)cc1. The van der Waals surface area contributed by atoms with Gasteiger partial charge in [0.25, 0.3) is 0 Å². The molecule has 0 saturated carbocycles. The molecule has 2 saturated heterocycles. The average Bonchev–Trinajstić information content (AvgIpc) is 4.17. The molecule has 4 aromatic carbocycles. The maximum absolute atomic E-state index is 17.0. The Kier molecular flexibility index (Phi) is 20.5. The van der Waals surface area contributed by atoms with Crippen LogP contribution in [0.3, 0.4) is 0 Å². The zero-order chi connectivity index (χ0) is 58.7. The summed E-state index contributed by atoms with van der Waals surface area (Å²) in [5.41, 5.74) is 10.1. The van der Waals surface area contributed by atoms with Crippen LogP contribution in [-0.4, -0.2) is 187 Å². The number of β-amino-alcohol motifs (C(OH)–C–C–N with tert-alkyl or cyclic N) is 1. The van der Waals surface area contributed by atoms with Gasteiger partial charge in [0, 0.05) is 83.2 Å². The van der Waals surface area contributed by atoms with Crippen LogP contribution in [0, 0.1) is 18.2 Å². The van der Waals surface area contributed by atoms with Crippen molar-refractivity contribution in [2.24, 2.45) is 11.1 Å². The fraction of sp³-hybridized carbons (Fsp3) is 0.448. The van der Waals surface area contributed by atoms with Crippen molar-refractivity contribution in [1.29, 1.82) is 0 Å². The van der Waals surface area contributed by atoms with Gasteiger partial charge in [-0.1, -0.05) is 80.9 Å². The Hall–Kier alpha value is -7.28. The smallest absolute Gasteiger partial charge is 0.314 e. The van der Waals surface area contributed by atoms with E-state index in [9.17, 15) is 34.2 Å². The quantitative estimate of drug-likeness (QED) is 0.0395. The number of anilines is 2. The van der Waals surface area contributed by atoms with Crippen molar-refractivity contribution >= 4 is 86.0 Å². The molecule has 3 atom stereocenters. The number of rotatable bonds is 24. The first-order valence-electron chi connectivity index (χ1n) is 27.2. The number of phenols is 1. The van der Waals surface area contributed by atoms with Gasteiger partial charge in [-0.05, 0) is 64.4 Å². The zero-order valence-electron chi connectivity index (χ0n) is 46.7. The number of aliphatic hydroxyl groups excluding tert-OH is 1. The Morgan fingerprint density at radius 2 is 1.63 bits per heavy atom. The van der Waals surface area contributed by atoms with Crippen molar-refractivity contribution in [3.05, 3.63) is 94.3 Å². The minimum atomic E-state index is -1.00. The molecule has 0 bridgehead atoms. The first-order valence-corrected chi connectivity index (χ1v) is 28.5. The summed E-state index contributed by atoms with van der Waals surface area (Å²) in [4.78, 5) is 86.6. The molecule has 6 amide bonds. The van der Waals surface area contributed by atoms with Gasteiger partial charge in [0.05, 0.1) is 60.2 Å². The highest BCUT2D eigenvalue weighted by Gasteiger charge is 2.44. The Bertz CT molecular complexity index is 3250. The summed E-state index contributed by atoms with van der Waals surface area (Å²) in [6.45, 7) is 10.1. The second kappa shape index (κ2) is 27.7. The second-order valence-corrected chi connectivity index (χ2v) is 22.6. The number of urea groups is 1. The van der Waals surface area contributed by atoms with Gasteiger partial charge in [0.15, 0.2) is 5.82 Å². The number of likely N-dealkylation sites (N-methyl/N-ethyl adjacent to an activating group) is 1. The third kappa shape index (κ3) is 15.2. The topological polar surface area (TPSA) is 267 Å². The number of primary amides is 1. The van der Waals surface area contributed by atoms with Crippen LogP contribution in [0.15, 0.2) is 72.2 Å². The van der Waals surface area contributed by atoms with Crippen molar-refractivity contribution in [2.45, 2.75) is 65.1 Å². The first kappa shape index (κ1) is 60.8. The molecule has 0 aliphatic carbocycles. The van der Waals surface area contributed by atoms with Crippen molar-refractivity contribution < 1.29 is 52.8 Å². The van der Waals surface area contributed by atoms with Gasteiger partial charge < -0.3 is 65.7 Å². The number of benzene rings is 4. The summed E-state index contributed by atoms with van der Waals surface area (Å²) in [5.74, 6) is -1.88. The first-order chi connectivity index (χ1) is 39.3. The van der Waals surface area contributed by atoms with Crippen LogP contribution in [0.2, 0.25) is 5.02 Å². The maximum Gasteiger partial charge on any atom is 0.314 e. The number of hydrogen-bond donors (Lipinski definition) is 6. The number of hydrogen-bond acceptors (Lipinski definition) is 16. The number of aliphatic hydroxyl groups is 1. The Morgan fingerprint density at radius 3 is 2.33 bits per heavy atom. The van der Waals surface area contributed by atoms with Crippen LogP contribution in [0.25, 0.3) is 43.2 Å². The Labute approximate surface area is 484 Å². The predicted octanol–water partition coefficient (Wildman–Crippen LogP) is 5.74. The number of thiazole rings is 1. The lowest BCUT2D eigenvalue weighted by Gasteiger charge is -2.35. The predicted molar refractivity (Wildman–Crippen MR) is 312 cm³/mol. The monoisotopic (exact) mass is 1170 g/mol. The number of aromatic hydroxyl groups is 1. The van der Waals surface area contributed by atoms with E-state index in [0.29, 0.717) is 73.2 Å². The summed E-state index contributed by atoms with van der Waals surface area (Å²) in [5, 5.41) is 31.8. The van der Waals surface area contributed by atoms with Crippen LogP contribution in [0.1, 0.15) is 44.9 Å². The van der Waals surface area contributed by atoms with Gasteiger partial charge in [-0.25, -0.2) is 19.2 Å². The van der Waals surface area contributed by atoms with E-state index >= 15 is 4.39 Å². The number of carbonyl (C=O) groups excluding carboxylic acids is 5. The number of nitrogens with one attached hydrogen (secondary N) is 3. The fourth-order valence-electron chi connectivity index (χ4n) is 9.96. The van der Waals surface area contributed by atoms with Crippen LogP contribution >= 0.6 is 22.9 Å². The van der Waals surface area contributed by atoms with Gasteiger partial charge >= 0.3 is 6.03 Å². The molecule has 6 aromatic rings. The van der Waals surface area contributed by atoms with E-state index in [0.717, 1.165) is 21.7 Å². The van der Waals surface area contributed by atoms with E-state index in [1.165, 1.54) is 20.8 Å². The summed E-state index contributed by atoms with van der Waals surface area (Å²) in [7, 11) is 1.65. The summed E-state index contributed by atoms with van der Waals surface area (Å²) >= 11 is 8.44. The lowest BCUT2D eigenvalue weighted by Crippen LogP contribution is -2.58. The molecular weight excluding hydrogens is 1100 g/mol. The molecule has 21 nitrogen and oxygen atoms in total. The number of aryl methyl sites for hydroxylation is 1. The van der Waals surface area contributed by atoms with Crippen LogP contribution < -0.4 is 26.6 Å². The largest absolute Gasteiger partial charge is 0.508 e. The molecule has 438 valence electrons. The van der Waals surface area contributed by atoms with E-state index in [2.05, 4.69) is 25.9 Å². The van der Waals surface area contributed by atoms with E-state index in [1.54, 1.807) is 30.5 Å². The van der Waals surface area contributed by atoms with Gasteiger partial charge in [0.1, 0.15) is 35.8 Å². The van der Waals surface area contributed by atoms with E-state index in [1.807, 2.05) is 86.6 Å². The summed E-state index contributed by atoms with van der Waals surface area (Å²) < 4.78 is 33.8. The van der Waals surface area contributed by atoms with E-state index in [4.69, 9.17) is 36.5 Å². The maximum atomic E-state index is 17.0. The number of piperazine rings is 1. The van der Waals surface area contributed by atoms with Crippen molar-refractivity contribution in [1.82, 2.24) is 40.3 Å². The summed E-state index contributed by atoms with van der Waals surface area (Å²) in [6.07, 6.45) is -0.185. The number of nitrogens with two attached hydrogens (primary N) is 1. The van der Waals surface area contributed by atoms with E-state index < -0.39 is 47.3 Å². The number of aromatic nitrogens is 3. The number of fused-ring (bicyclic) bond motifs is 2. The number of carbonyl (C=O) groups is 5. The molecule has 0 spiro atoms. The minimum absolute atomic E-state index is 0.0244. The molecule has 24 heteroatoms. The highest BCUT2D eigenvalue weighted by atomic mass is 35.5. The van der Waals surface area contributed by atoms with Crippen LogP contribution in [0.5, 0.6) is 5.75 Å². The summed E-state index contributed by atoms with van der Waals surface area (Å²) in [6, 6.07) is 17.6. The standard InChI is InChI=1S/C58H71ClFN11O10S/c1-35-51(82-34-64-35)37-12-10-36(11-13-37)14-16-62-54(76)45-30-40(73)32-71(45)55(77)52(58(2,3)4)65-46(74)33-81-27-26-80-25-24-79-23-22-68(5)47(75)15-17-63-57-66-50-43(53(67-57)69-18-20-70(21-19-69)56(61)78)31-44(59)48(49(50)60)42-29-39(72)28-38-8-6-7-9-41(38)42/h6-13,28-29,31,34,40,45,52,72-73H,14-27,30,32-33H2,1-5H3,(H2,61,78)(H,62,76)(H,65,74)(H,63,66,67)/t40-,45+,52-/m1/s1. The Morgan fingerprint density at radius 1 is 0.927 bits per heavy atom. The molecule has 2 aliphatic rings. The normalized spacial score (nSPS) is 15.9. The third-order valence-corrected chi connectivity index (χ3v) is 15.7. The lowest BCUT2D eigenvalue weighted by molar-refractivity contribution is -0.144. The number of likely N-dealkylation sites (tertiary alicyclic amines) is 1.